The highest BCUT2D eigenvalue weighted by Gasteiger charge is 2.02. The molecule has 0 radical (unpaired) electrons. The second kappa shape index (κ2) is 6.53. The van der Waals surface area contributed by atoms with Crippen LogP contribution in [0, 0.1) is 6.92 Å². The molecule has 2 aromatic carbocycles. The Morgan fingerprint density at radius 2 is 1.74 bits per heavy atom. The van der Waals surface area contributed by atoms with Crippen LogP contribution in [0.2, 0.25) is 0 Å². The molecule has 0 atom stereocenters. The Balaban J connectivity index is 1.81. The molecule has 0 aliphatic heterocycles. The molecule has 4 N–H and O–H groups in total. The number of nitrogen functional groups attached to an aromatic ring is 2. The van der Waals surface area contributed by atoms with E-state index in [1.165, 1.54) is 10.5 Å². The van der Waals surface area contributed by atoms with Crippen molar-refractivity contribution in [2.24, 2.45) is 0 Å². The minimum absolute atomic E-state index is 0.825. The van der Waals surface area contributed by atoms with E-state index in [1.807, 2.05) is 36.9 Å². The maximum Gasteiger partial charge on any atom is 0.0481 e. The lowest BCUT2D eigenvalue weighted by molar-refractivity contribution is 0.933. The van der Waals surface area contributed by atoms with Gasteiger partial charge in [0.05, 0.1) is 0 Å². The number of hydrogen-bond acceptors (Lipinski definition) is 3. The van der Waals surface area contributed by atoms with Crippen LogP contribution >= 0.6 is 11.8 Å². The number of rotatable bonds is 5. The molecule has 2 nitrogen and oxygen atoms in total. The highest BCUT2D eigenvalue weighted by molar-refractivity contribution is 7.99. The van der Waals surface area contributed by atoms with E-state index in [0.717, 1.165) is 35.5 Å². The maximum absolute atomic E-state index is 6.06. The van der Waals surface area contributed by atoms with Crippen LogP contribution in [0.1, 0.15) is 17.5 Å². The zero-order chi connectivity index (χ0) is 13.7. The third-order valence-electron chi connectivity index (χ3n) is 3.13. The van der Waals surface area contributed by atoms with E-state index < -0.39 is 0 Å². The number of thioether (sulfide) groups is 1. The van der Waals surface area contributed by atoms with Gasteiger partial charge in [-0.05, 0) is 54.8 Å². The molecular formula is C16H20N2S. The minimum Gasteiger partial charge on any atom is -0.399 e. The molecule has 0 bridgehead atoms. The molecule has 0 saturated carbocycles. The van der Waals surface area contributed by atoms with Crippen molar-refractivity contribution in [3.05, 3.63) is 53.6 Å². The summed E-state index contributed by atoms with van der Waals surface area (Å²) in [6.45, 7) is 2.05. The molecule has 0 spiro atoms. The summed E-state index contributed by atoms with van der Waals surface area (Å²) in [6.07, 6.45) is 2.22. The number of aryl methyl sites for hydroxylation is 2. The molecule has 100 valence electrons. The van der Waals surface area contributed by atoms with Crippen molar-refractivity contribution in [1.82, 2.24) is 0 Å². The standard InChI is InChI=1S/C16H20N2S/c1-12-4-2-6-15(16(12)18)19-11-3-5-13-7-9-14(17)10-8-13/h2,4,6-10H,3,5,11,17-18H2,1H3. The summed E-state index contributed by atoms with van der Waals surface area (Å²) >= 11 is 1.83. The predicted octanol–water partition coefficient (Wildman–Crippen LogP) is 3.88. The highest BCUT2D eigenvalue weighted by Crippen LogP contribution is 2.28. The Labute approximate surface area is 119 Å². The van der Waals surface area contributed by atoms with E-state index in [-0.39, 0.29) is 0 Å². The number of hydrogen-bond donors (Lipinski definition) is 2. The molecule has 0 aliphatic rings. The van der Waals surface area contributed by atoms with Crippen molar-refractivity contribution >= 4 is 23.1 Å². The fraction of sp³-hybridized carbons (Fsp3) is 0.250. The molecule has 2 aromatic rings. The fourth-order valence-electron chi connectivity index (χ4n) is 1.92. The zero-order valence-electron chi connectivity index (χ0n) is 11.2. The van der Waals surface area contributed by atoms with Gasteiger partial charge in [0.1, 0.15) is 0 Å². The Hall–Kier alpha value is -1.61. The smallest absolute Gasteiger partial charge is 0.0481 e. The monoisotopic (exact) mass is 272 g/mol. The molecule has 19 heavy (non-hydrogen) atoms. The van der Waals surface area contributed by atoms with E-state index in [0.29, 0.717) is 0 Å². The van der Waals surface area contributed by atoms with Gasteiger partial charge in [0, 0.05) is 16.3 Å². The quantitative estimate of drug-likeness (QED) is 0.493. The molecule has 0 fully saturated rings. The van der Waals surface area contributed by atoms with Crippen molar-refractivity contribution in [3.8, 4) is 0 Å². The van der Waals surface area contributed by atoms with Gasteiger partial charge in [-0.1, -0.05) is 24.3 Å². The number of para-hydroxylation sites is 1. The molecule has 0 aliphatic carbocycles. The maximum atomic E-state index is 6.06. The highest BCUT2D eigenvalue weighted by atomic mass is 32.2. The van der Waals surface area contributed by atoms with Gasteiger partial charge in [0.25, 0.3) is 0 Å². The molecule has 0 heterocycles. The van der Waals surface area contributed by atoms with Crippen LogP contribution in [0.5, 0.6) is 0 Å². The average Bonchev–Trinajstić information content (AvgIpc) is 2.41. The van der Waals surface area contributed by atoms with Gasteiger partial charge < -0.3 is 11.5 Å². The van der Waals surface area contributed by atoms with Crippen LogP contribution in [0.25, 0.3) is 0 Å². The number of nitrogens with two attached hydrogens (primary N) is 2. The van der Waals surface area contributed by atoms with Crippen molar-refractivity contribution < 1.29 is 0 Å². The minimum atomic E-state index is 0.825. The lowest BCUT2D eigenvalue weighted by atomic mass is 10.1. The molecule has 0 saturated heterocycles. The van der Waals surface area contributed by atoms with Gasteiger partial charge in [-0.25, -0.2) is 0 Å². The summed E-state index contributed by atoms with van der Waals surface area (Å²) in [5.74, 6) is 1.08. The Bertz CT molecular complexity index is 535. The van der Waals surface area contributed by atoms with Gasteiger partial charge in [0.15, 0.2) is 0 Å². The fourth-order valence-corrected chi connectivity index (χ4v) is 2.92. The largest absolute Gasteiger partial charge is 0.399 e. The summed E-state index contributed by atoms with van der Waals surface area (Å²) in [5, 5.41) is 0. The van der Waals surface area contributed by atoms with Crippen LogP contribution in [0.15, 0.2) is 47.4 Å². The third-order valence-corrected chi connectivity index (χ3v) is 4.29. The topological polar surface area (TPSA) is 52.0 Å². The van der Waals surface area contributed by atoms with Gasteiger partial charge in [0.2, 0.25) is 0 Å². The van der Waals surface area contributed by atoms with Crippen molar-refractivity contribution in [2.75, 3.05) is 17.2 Å². The molecular weight excluding hydrogens is 252 g/mol. The number of anilines is 2. The number of benzene rings is 2. The van der Waals surface area contributed by atoms with E-state index in [4.69, 9.17) is 11.5 Å². The van der Waals surface area contributed by atoms with Crippen LogP contribution in [-0.4, -0.2) is 5.75 Å². The lowest BCUT2D eigenvalue weighted by Gasteiger charge is -2.07. The van der Waals surface area contributed by atoms with Gasteiger partial charge in [-0.2, -0.15) is 0 Å². The summed E-state index contributed by atoms with van der Waals surface area (Å²) in [4.78, 5) is 1.19. The zero-order valence-corrected chi connectivity index (χ0v) is 12.0. The first kappa shape index (κ1) is 13.8. The Morgan fingerprint density at radius 3 is 2.47 bits per heavy atom. The van der Waals surface area contributed by atoms with Gasteiger partial charge in [-0.3, -0.25) is 0 Å². The molecule has 3 heteroatoms. The first-order chi connectivity index (χ1) is 9.16. The molecule has 0 amide bonds. The summed E-state index contributed by atoms with van der Waals surface area (Å²) in [7, 11) is 0. The van der Waals surface area contributed by atoms with Crippen LogP contribution < -0.4 is 11.5 Å². The first-order valence-corrected chi connectivity index (χ1v) is 7.47. The second-order valence-electron chi connectivity index (χ2n) is 4.68. The van der Waals surface area contributed by atoms with Crippen LogP contribution in [-0.2, 0) is 6.42 Å². The second-order valence-corrected chi connectivity index (χ2v) is 5.82. The molecule has 0 unspecified atom stereocenters. The van der Waals surface area contributed by atoms with E-state index in [9.17, 15) is 0 Å². The molecule has 0 aromatic heterocycles. The van der Waals surface area contributed by atoms with Crippen LogP contribution in [0.3, 0.4) is 0 Å². The summed E-state index contributed by atoms with van der Waals surface area (Å²) in [6, 6.07) is 14.3. The van der Waals surface area contributed by atoms with Gasteiger partial charge in [-0.15, -0.1) is 11.8 Å². The van der Waals surface area contributed by atoms with E-state index in [1.54, 1.807) is 0 Å². The SMILES string of the molecule is Cc1cccc(SCCCc2ccc(N)cc2)c1N. The Kier molecular flexibility index (Phi) is 4.74. The van der Waals surface area contributed by atoms with Gasteiger partial charge >= 0.3 is 0 Å². The first-order valence-electron chi connectivity index (χ1n) is 6.49. The summed E-state index contributed by atoms with van der Waals surface area (Å²) in [5.41, 5.74) is 16.0. The predicted molar refractivity (Wildman–Crippen MR) is 85.5 cm³/mol. The molecule has 2 rings (SSSR count). The van der Waals surface area contributed by atoms with E-state index in [2.05, 4.69) is 24.3 Å². The average molecular weight is 272 g/mol. The summed E-state index contributed by atoms with van der Waals surface area (Å²) < 4.78 is 0. The normalized spacial score (nSPS) is 10.6. The van der Waals surface area contributed by atoms with Crippen molar-refractivity contribution in [2.45, 2.75) is 24.7 Å². The van der Waals surface area contributed by atoms with Crippen LogP contribution in [0.4, 0.5) is 11.4 Å². The van der Waals surface area contributed by atoms with Crippen molar-refractivity contribution in [1.29, 1.82) is 0 Å². The Morgan fingerprint density at radius 1 is 1.00 bits per heavy atom. The lowest BCUT2D eigenvalue weighted by Crippen LogP contribution is -1.94. The van der Waals surface area contributed by atoms with E-state index >= 15 is 0 Å². The third kappa shape index (κ3) is 3.93. The van der Waals surface area contributed by atoms with Crippen molar-refractivity contribution in [3.63, 3.8) is 0 Å².